The molecule has 0 bridgehead atoms. The average molecular weight is 493 g/mol. The predicted molar refractivity (Wildman–Crippen MR) is 120 cm³/mol. The average Bonchev–Trinajstić information content (AvgIpc) is 3.09. The second-order valence-corrected chi connectivity index (χ2v) is 7.94. The van der Waals surface area contributed by atoms with Crippen LogP contribution < -0.4 is 61.7 Å². The summed E-state index contributed by atoms with van der Waals surface area (Å²) in [5, 5.41) is 8.98. The van der Waals surface area contributed by atoms with Gasteiger partial charge in [0, 0.05) is 18.7 Å². The van der Waals surface area contributed by atoms with E-state index in [0.717, 1.165) is 39.3 Å². The van der Waals surface area contributed by atoms with Crippen LogP contribution in [0.5, 0.6) is 0 Å². The van der Waals surface area contributed by atoms with Crippen molar-refractivity contribution in [1.29, 1.82) is 0 Å². The minimum absolute atomic E-state index is 0. The Morgan fingerprint density at radius 3 is 2.06 bits per heavy atom. The Labute approximate surface area is 237 Å². The molecule has 0 saturated heterocycles. The van der Waals surface area contributed by atoms with Crippen molar-refractivity contribution in [2.75, 3.05) is 18.6 Å². The zero-order valence-corrected chi connectivity index (χ0v) is 21.8. The molecule has 0 aliphatic heterocycles. The normalized spacial score (nSPS) is 12.4. The zero-order valence-electron chi connectivity index (χ0n) is 18.7. The van der Waals surface area contributed by atoms with Gasteiger partial charge in [-0.2, -0.15) is 0 Å². The van der Waals surface area contributed by atoms with Crippen molar-refractivity contribution >= 4 is 30.2 Å². The topological polar surface area (TPSA) is 66.8 Å². The standard InChI is InChI=1S/C24H20BF3NO4.K/c1-29(17-11-15(12-23(30)31)10-16(13-17)25(26,27)28)24(32)33-14-22-20-8-4-2-6-18(20)19-7-3-5-9-21(19)22;/h2-11,13,22H,12,14H2,1H3,(H,30,31);/q-1;+1. The maximum atomic E-state index is 13.4. The van der Waals surface area contributed by atoms with Gasteiger partial charge in [0.05, 0.1) is 6.42 Å². The van der Waals surface area contributed by atoms with Crippen molar-refractivity contribution in [1.82, 2.24) is 0 Å². The van der Waals surface area contributed by atoms with E-state index in [1.54, 1.807) is 0 Å². The molecule has 10 heteroatoms. The van der Waals surface area contributed by atoms with Crippen LogP contribution in [0.3, 0.4) is 0 Å². The van der Waals surface area contributed by atoms with Gasteiger partial charge < -0.3 is 22.8 Å². The van der Waals surface area contributed by atoms with E-state index < -0.39 is 30.9 Å². The van der Waals surface area contributed by atoms with E-state index in [0.29, 0.717) is 0 Å². The Kier molecular flexibility index (Phi) is 8.30. The van der Waals surface area contributed by atoms with E-state index in [4.69, 9.17) is 9.84 Å². The van der Waals surface area contributed by atoms with Gasteiger partial charge in [-0.05, 0) is 33.9 Å². The van der Waals surface area contributed by atoms with Crippen LogP contribution in [0.1, 0.15) is 22.6 Å². The van der Waals surface area contributed by atoms with Crippen LogP contribution in [0.15, 0.2) is 66.7 Å². The number of anilines is 1. The minimum Gasteiger partial charge on any atom is -0.481 e. The summed E-state index contributed by atoms with van der Waals surface area (Å²) in [4.78, 5) is 24.7. The summed E-state index contributed by atoms with van der Waals surface area (Å²) in [5.41, 5.74) is 3.04. The molecule has 5 nitrogen and oxygen atoms in total. The van der Waals surface area contributed by atoms with Crippen LogP contribution in [0.2, 0.25) is 0 Å². The summed E-state index contributed by atoms with van der Waals surface area (Å²) in [6.07, 6.45) is -1.42. The molecule has 1 N–H and O–H groups in total. The first kappa shape index (κ1) is 26.5. The molecule has 0 radical (unpaired) electrons. The van der Waals surface area contributed by atoms with Crippen LogP contribution in [-0.2, 0) is 16.0 Å². The van der Waals surface area contributed by atoms with Crippen LogP contribution in [0, 0.1) is 0 Å². The molecule has 3 aromatic carbocycles. The van der Waals surface area contributed by atoms with Crippen molar-refractivity contribution < 1.29 is 83.8 Å². The molecule has 4 rings (SSSR count). The first-order valence-corrected chi connectivity index (χ1v) is 10.3. The molecule has 0 spiro atoms. The van der Waals surface area contributed by atoms with Gasteiger partial charge >= 0.3 is 70.4 Å². The number of carbonyl (C=O) groups is 2. The molecular formula is C24H20BF3KNO4. The van der Waals surface area contributed by atoms with Crippen LogP contribution in [0.4, 0.5) is 23.4 Å². The van der Waals surface area contributed by atoms with E-state index in [1.807, 2.05) is 48.5 Å². The van der Waals surface area contributed by atoms with E-state index in [9.17, 15) is 22.5 Å². The minimum atomic E-state index is -5.38. The monoisotopic (exact) mass is 493 g/mol. The smallest absolute Gasteiger partial charge is 0.481 e. The molecule has 1 aliphatic rings. The number of fused-ring (bicyclic) bond motifs is 3. The van der Waals surface area contributed by atoms with Crippen molar-refractivity contribution in [2.24, 2.45) is 0 Å². The molecule has 0 heterocycles. The molecule has 0 atom stereocenters. The number of carboxylic acid groups (broad SMARTS) is 1. The fourth-order valence-corrected chi connectivity index (χ4v) is 4.16. The Balaban J connectivity index is 0.00000324. The number of rotatable bonds is 6. The summed E-state index contributed by atoms with van der Waals surface area (Å²) in [7, 11) is 1.30. The molecular weight excluding hydrogens is 473 g/mol. The fraction of sp³-hybridized carbons (Fsp3) is 0.167. The molecule has 0 fully saturated rings. The maximum Gasteiger partial charge on any atom is 1.00 e. The number of aliphatic carboxylic acids is 1. The van der Waals surface area contributed by atoms with Crippen molar-refractivity contribution in [3.05, 3.63) is 83.4 Å². The third-order valence-corrected chi connectivity index (χ3v) is 5.73. The summed E-state index contributed by atoms with van der Waals surface area (Å²) in [6.45, 7) is -5.36. The Morgan fingerprint density at radius 2 is 1.53 bits per heavy atom. The maximum absolute atomic E-state index is 13.4. The molecule has 0 unspecified atom stereocenters. The second-order valence-electron chi connectivity index (χ2n) is 7.94. The number of ether oxygens (including phenoxy) is 1. The van der Waals surface area contributed by atoms with E-state index >= 15 is 0 Å². The van der Waals surface area contributed by atoms with Gasteiger partial charge in [-0.3, -0.25) is 9.69 Å². The molecule has 0 aromatic heterocycles. The molecule has 3 aromatic rings. The quantitative estimate of drug-likeness (QED) is 0.532. The van der Waals surface area contributed by atoms with Crippen molar-refractivity contribution in [3.8, 4) is 11.1 Å². The number of halogens is 3. The van der Waals surface area contributed by atoms with Crippen LogP contribution in [0.25, 0.3) is 11.1 Å². The van der Waals surface area contributed by atoms with Crippen molar-refractivity contribution in [3.63, 3.8) is 0 Å². The molecule has 1 amide bonds. The van der Waals surface area contributed by atoms with E-state index in [1.165, 1.54) is 13.1 Å². The van der Waals surface area contributed by atoms with E-state index in [-0.39, 0.29) is 75.2 Å². The number of amides is 1. The SMILES string of the molecule is CN(C(=O)OCC1c2ccccc2-c2ccccc21)c1cc(CC(=O)O)cc([B-](F)(F)F)c1.[K+]. The number of nitrogens with zero attached hydrogens (tertiary/aromatic N) is 1. The Hall–Kier alpha value is -2.11. The predicted octanol–water partition coefficient (Wildman–Crippen LogP) is 1.76. The number of benzene rings is 3. The Morgan fingerprint density at radius 1 is 0.971 bits per heavy atom. The van der Waals surface area contributed by atoms with Gasteiger partial charge in [-0.15, -0.1) is 5.46 Å². The first-order chi connectivity index (χ1) is 15.6. The third-order valence-electron chi connectivity index (χ3n) is 5.73. The van der Waals surface area contributed by atoms with Gasteiger partial charge in [-0.25, -0.2) is 4.79 Å². The number of carbonyl (C=O) groups excluding carboxylic acids is 1. The summed E-state index contributed by atoms with van der Waals surface area (Å²) >= 11 is 0. The van der Waals surface area contributed by atoms with Crippen molar-refractivity contribution in [2.45, 2.75) is 12.3 Å². The number of hydrogen-bond acceptors (Lipinski definition) is 3. The molecule has 0 saturated carbocycles. The summed E-state index contributed by atoms with van der Waals surface area (Å²) < 4.78 is 45.6. The van der Waals surface area contributed by atoms with Crippen LogP contribution >= 0.6 is 0 Å². The second kappa shape index (κ2) is 10.7. The van der Waals surface area contributed by atoms with Gasteiger partial charge in [0.2, 0.25) is 0 Å². The fourth-order valence-electron chi connectivity index (χ4n) is 4.16. The number of carboxylic acids is 1. The van der Waals surface area contributed by atoms with Gasteiger partial charge in [-0.1, -0.05) is 60.7 Å². The Bertz CT molecular complexity index is 1190. The number of hydrogen-bond donors (Lipinski definition) is 1. The van der Waals surface area contributed by atoms with Crippen LogP contribution in [-0.4, -0.2) is 37.8 Å². The molecule has 170 valence electrons. The van der Waals surface area contributed by atoms with E-state index in [2.05, 4.69) is 0 Å². The zero-order chi connectivity index (χ0) is 23.8. The van der Waals surface area contributed by atoms with Gasteiger partial charge in [0.25, 0.3) is 0 Å². The molecule has 1 aliphatic carbocycles. The van der Waals surface area contributed by atoms with Gasteiger partial charge in [0.1, 0.15) is 6.61 Å². The first-order valence-electron chi connectivity index (χ1n) is 10.3. The summed E-state index contributed by atoms with van der Waals surface area (Å²) in [5.74, 6) is -1.46. The largest absolute Gasteiger partial charge is 1.00 e. The molecule has 34 heavy (non-hydrogen) atoms. The summed E-state index contributed by atoms with van der Waals surface area (Å²) in [6, 6.07) is 18.5. The third kappa shape index (κ3) is 5.58. The van der Waals surface area contributed by atoms with Gasteiger partial charge in [0.15, 0.2) is 0 Å².